The molecule has 0 spiro atoms. The summed E-state index contributed by atoms with van der Waals surface area (Å²) in [5.41, 5.74) is 0.980. The van der Waals surface area contributed by atoms with E-state index in [1.54, 1.807) is 12.1 Å². The minimum absolute atomic E-state index is 0.0211. The molecule has 5 nitrogen and oxygen atoms in total. The minimum atomic E-state index is -0.351. The third-order valence-electron chi connectivity index (χ3n) is 3.05. The van der Waals surface area contributed by atoms with Crippen LogP contribution in [0.15, 0.2) is 39.7 Å². The molecule has 0 N–H and O–H groups in total. The van der Waals surface area contributed by atoms with Crippen molar-refractivity contribution in [3.05, 3.63) is 47.7 Å². The van der Waals surface area contributed by atoms with Gasteiger partial charge < -0.3 is 4.42 Å². The lowest BCUT2D eigenvalue weighted by Crippen LogP contribution is -2.26. The van der Waals surface area contributed by atoms with Gasteiger partial charge in [0.05, 0.1) is 12.1 Å². The molecule has 0 fully saturated rings. The minimum Gasteiger partial charge on any atom is -0.436 e. The van der Waals surface area contributed by atoms with Gasteiger partial charge in [-0.2, -0.15) is 0 Å². The fourth-order valence-corrected chi connectivity index (χ4v) is 2.05. The van der Waals surface area contributed by atoms with Gasteiger partial charge in [0.2, 0.25) is 11.5 Å². The summed E-state index contributed by atoms with van der Waals surface area (Å²) in [6.07, 6.45) is 0.509. The lowest BCUT2D eigenvalue weighted by Gasteiger charge is -2.09. The molecule has 0 unspecified atom stereocenters. The smallest absolute Gasteiger partial charge is 0.245 e. The number of aryl methyl sites for hydroxylation is 1. The number of aliphatic imine (C=N–C) groups is 1. The van der Waals surface area contributed by atoms with Crippen molar-refractivity contribution in [2.45, 2.75) is 19.8 Å². The molecule has 1 heterocycles. The molecule has 0 radical (unpaired) electrons. The molecule has 20 heavy (non-hydrogen) atoms. The van der Waals surface area contributed by atoms with Crippen molar-refractivity contribution < 1.29 is 14.0 Å². The number of benzene rings is 1. The number of Topliss-reactive ketones (excluding diaryl/α,β-unsaturated/α-hetero) is 2. The predicted octanol–water partition coefficient (Wildman–Crippen LogP) is 2.78. The number of ketones is 2. The van der Waals surface area contributed by atoms with Crippen LogP contribution >= 0.6 is 0 Å². The third kappa shape index (κ3) is 2.07. The largest absolute Gasteiger partial charge is 0.436 e. The van der Waals surface area contributed by atoms with E-state index in [1.807, 2.05) is 25.1 Å². The van der Waals surface area contributed by atoms with Crippen LogP contribution in [0.1, 0.15) is 40.3 Å². The summed E-state index contributed by atoms with van der Waals surface area (Å²) in [5, 5.41) is 0. The van der Waals surface area contributed by atoms with Crippen molar-refractivity contribution in [2.75, 3.05) is 0 Å². The van der Waals surface area contributed by atoms with Crippen LogP contribution in [0.25, 0.3) is 0 Å². The van der Waals surface area contributed by atoms with Gasteiger partial charge in [-0.05, 0) is 12.1 Å². The first-order chi connectivity index (χ1) is 9.69. The number of carbonyl (C=O) groups excluding carboxylic acids is 2. The fraction of sp³-hybridized carbons (Fsp3) is 0.200. The Balaban J connectivity index is 2.03. The van der Waals surface area contributed by atoms with Crippen LogP contribution in [0.5, 0.6) is 0 Å². The zero-order valence-corrected chi connectivity index (χ0v) is 10.9. The lowest BCUT2D eigenvalue weighted by molar-refractivity contribution is 0.0949. The summed E-state index contributed by atoms with van der Waals surface area (Å²) >= 11 is 0. The van der Waals surface area contributed by atoms with Crippen LogP contribution in [0.4, 0.5) is 5.69 Å². The number of hydrogen-bond donors (Lipinski definition) is 0. The lowest BCUT2D eigenvalue weighted by atomic mass is 9.97. The highest BCUT2D eigenvalue weighted by Gasteiger charge is 2.34. The summed E-state index contributed by atoms with van der Waals surface area (Å²) in [6, 6.07) is 9.06. The number of oxazole rings is 1. The second-order valence-electron chi connectivity index (χ2n) is 4.46. The first-order valence-electron chi connectivity index (χ1n) is 6.39. The Labute approximate surface area is 115 Å². The SMILES string of the molecule is CCc1nc2c(o1)C(=O)C(=Nc1ccccc1)CC2=O. The van der Waals surface area contributed by atoms with E-state index in [0.29, 0.717) is 18.0 Å². The molecule has 3 rings (SSSR count). The van der Waals surface area contributed by atoms with Gasteiger partial charge in [0, 0.05) is 6.42 Å². The molecule has 0 atom stereocenters. The topological polar surface area (TPSA) is 72.5 Å². The van der Waals surface area contributed by atoms with Crippen molar-refractivity contribution in [1.82, 2.24) is 4.98 Å². The molecule has 100 valence electrons. The Morgan fingerprint density at radius 2 is 2.00 bits per heavy atom. The van der Waals surface area contributed by atoms with E-state index in [9.17, 15) is 9.59 Å². The fourth-order valence-electron chi connectivity index (χ4n) is 2.05. The highest BCUT2D eigenvalue weighted by Crippen LogP contribution is 2.23. The van der Waals surface area contributed by atoms with Crippen molar-refractivity contribution in [2.24, 2.45) is 4.99 Å². The Bertz CT molecular complexity index is 714. The highest BCUT2D eigenvalue weighted by molar-refractivity contribution is 6.52. The molecular formula is C15H12N2O3. The summed E-state index contributed by atoms with van der Waals surface area (Å²) in [5.74, 6) is -0.154. The molecule has 1 aromatic carbocycles. The van der Waals surface area contributed by atoms with E-state index in [4.69, 9.17) is 4.42 Å². The predicted molar refractivity (Wildman–Crippen MR) is 72.7 cm³/mol. The number of hydrogen-bond acceptors (Lipinski definition) is 5. The Morgan fingerprint density at radius 1 is 1.25 bits per heavy atom. The van der Waals surface area contributed by atoms with Gasteiger partial charge in [-0.3, -0.25) is 9.59 Å². The van der Waals surface area contributed by atoms with Crippen molar-refractivity contribution in [1.29, 1.82) is 0 Å². The standard InChI is InChI=1S/C15H12N2O3/c1-2-12-17-13-11(18)8-10(14(19)15(13)20-12)16-9-6-4-3-5-7-9/h3-7H,2,8H2,1H3. The summed E-state index contributed by atoms with van der Waals surface area (Å²) in [4.78, 5) is 32.6. The van der Waals surface area contributed by atoms with Crippen LogP contribution < -0.4 is 0 Å². The Morgan fingerprint density at radius 3 is 2.70 bits per heavy atom. The van der Waals surface area contributed by atoms with E-state index >= 15 is 0 Å². The van der Waals surface area contributed by atoms with Gasteiger partial charge in [0.15, 0.2) is 17.4 Å². The number of rotatable bonds is 2. The molecule has 5 heteroatoms. The van der Waals surface area contributed by atoms with E-state index in [2.05, 4.69) is 9.98 Å². The van der Waals surface area contributed by atoms with Gasteiger partial charge in [0.25, 0.3) is 0 Å². The second-order valence-corrected chi connectivity index (χ2v) is 4.46. The van der Waals surface area contributed by atoms with Crippen molar-refractivity contribution >= 4 is 23.0 Å². The monoisotopic (exact) mass is 268 g/mol. The van der Waals surface area contributed by atoms with Crippen molar-refractivity contribution in [3.63, 3.8) is 0 Å². The van der Waals surface area contributed by atoms with Gasteiger partial charge in [0.1, 0.15) is 5.71 Å². The van der Waals surface area contributed by atoms with Crippen LogP contribution in [-0.4, -0.2) is 22.3 Å². The summed E-state index contributed by atoms with van der Waals surface area (Å²) in [6.45, 7) is 1.85. The highest BCUT2D eigenvalue weighted by atomic mass is 16.4. The molecule has 0 amide bonds. The third-order valence-corrected chi connectivity index (χ3v) is 3.05. The summed E-state index contributed by atoms with van der Waals surface area (Å²) < 4.78 is 5.34. The molecule has 0 bridgehead atoms. The van der Waals surface area contributed by atoms with E-state index < -0.39 is 0 Å². The number of fused-ring (bicyclic) bond motifs is 1. The molecule has 0 aliphatic heterocycles. The van der Waals surface area contributed by atoms with Crippen LogP contribution in [0.3, 0.4) is 0 Å². The van der Waals surface area contributed by atoms with Crippen LogP contribution in [-0.2, 0) is 6.42 Å². The number of aromatic nitrogens is 1. The molecule has 2 aromatic rings. The molecule has 1 aromatic heterocycles. The maximum Gasteiger partial charge on any atom is 0.245 e. The molecule has 0 saturated carbocycles. The molecular weight excluding hydrogens is 256 g/mol. The Kier molecular flexibility index (Phi) is 3.02. The zero-order chi connectivity index (χ0) is 14.1. The second kappa shape index (κ2) is 4.85. The van der Waals surface area contributed by atoms with Gasteiger partial charge in [-0.25, -0.2) is 9.98 Å². The quantitative estimate of drug-likeness (QED) is 0.839. The average molecular weight is 268 g/mol. The van der Waals surface area contributed by atoms with Crippen LogP contribution in [0, 0.1) is 0 Å². The number of carbonyl (C=O) groups is 2. The average Bonchev–Trinajstić information content (AvgIpc) is 2.91. The van der Waals surface area contributed by atoms with Gasteiger partial charge >= 0.3 is 0 Å². The normalized spacial score (nSPS) is 16.6. The van der Waals surface area contributed by atoms with E-state index in [1.165, 1.54) is 0 Å². The number of para-hydroxylation sites is 1. The van der Waals surface area contributed by atoms with Crippen LogP contribution in [0.2, 0.25) is 0 Å². The maximum absolute atomic E-state index is 12.3. The van der Waals surface area contributed by atoms with E-state index in [-0.39, 0.29) is 35.2 Å². The zero-order valence-electron chi connectivity index (χ0n) is 10.9. The molecule has 0 saturated heterocycles. The number of nitrogens with zero attached hydrogens (tertiary/aromatic N) is 2. The molecule has 1 aliphatic rings. The van der Waals surface area contributed by atoms with Gasteiger partial charge in [-0.15, -0.1) is 0 Å². The first-order valence-corrected chi connectivity index (χ1v) is 6.39. The first kappa shape index (κ1) is 12.5. The van der Waals surface area contributed by atoms with Gasteiger partial charge in [-0.1, -0.05) is 25.1 Å². The molecule has 1 aliphatic carbocycles. The summed E-state index contributed by atoms with van der Waals surface area (Å²) in [7, 11) is 0. The maximum atomic E-state index is 12.3. The van der Waals surface area contributed by atoms with E-state index in [0.717, 1.165) is 0 Å². The van der Waals surface area contributed by atoms with Crippen molar-refractivity contribution in [3.8, 4) is 0 Å². The Hall–Kier alpha value is -2.56.